The number of nitrogens with zero attached hydrogens (tertiary/aromatic N) is 2. The number of benzene rings is 1. The van der Waals surface area contributed by atoms with E-state index in [4.69, 9.17) is 4.74 Å². The standard InChI is InChI=1S/C13H16BrN3O/c1-9-13(14)11(17(2)16-9)8-15-10-6-4-5-7-12(10)18-3/h4-7,15H,8H2,1-3H3. The van der Waals surface area contributed by atoms with Crippen LogP contribution in [0.2, 0.25) is 0 Å². The lowest BCUT2D eigenvalue weighted by Gasteiger charge is -2.11. The van der Waals surface area contributed by atoms with Crippen LogP contribution in [0.15, 0.2) is 28.7 Å². The van der Waals surface area contributed by atoms with Gasteiger partial charge >= 0.3 is 0 Å². The smallest absolute Gasteiger partial charge is 0.141 e. The van der Waals surface area contributed by atoms with E-state index in [1.54, 1.807) is 7.11 Å². The van der Waals surface area contributed by atoms with Crippen LogP contribution in [0.1, 0.15) is 11.4 Å². The molecule has 0 aliphatic carbocycles. The molecule has 0 spiro atoms. The second-order valence-corrected chi connectivity index (χ2v) is 4.82. The Morgan fingerprint density at radius 1 is 1.39 bits per heavy atom. The SMILES string of the molecule is COc1ccccc1NCc1c(Br)c(C)nn1C. The number of hydrogen-bond acceptors (Lipinski definition) is 3. The van der Waals surface area contributed by atoms with Gasteiger partial charge in [-0.05, 0) is 35.0 Å². The number of methoxy groups -OCH3 is 1. The Hall–Kier alpha value is -1.49. The average molecular weight is 310 g/mol. The number of anilines is 1. The normalized spacial score (nSPS) is 10.4. The number of halogens is 1. The Labute approximate surface area is 115 Å². The van der Waals surface area contributed by atoms with Gasteiger partial charge in [-0.1, -0.05) is 12.1 Å². The lowest BCUT2D eigenvalue weighted by atomic mass is 10.3. The molecule has 1 aromatic carbocycles. The number of nitrogens with one attached hydrogen (secondary N) is 1. The molecule has 0 saturated heterocycles. The van der Waals surface area contributed by atoms with Gasteiger partial charge in [-0.3, -0.25) is 4.68 Å². The van der Waals surface area contributed by atoms with Crippen LogP contribution in [0.3, 0.4) is 0 Å². The van der Waals surface area contributed by atoms with Crippen LogP contribution in [0.25, 0.3) is 0 Å². The van der Waals surface area contributed by atoms with E-state index < -0.39 is 0 Å². The third kappa shape index (κ3) is 2.51. The molecule has 0 aliphatic heterocycles. The first kappa shape index (κ1) is 13.0. The van der Waals surface area contributed by atoms with E-state index in [1.165, 1.54) is 0 Å². The summed E-state index contributed by atoms with van der Waals surface area (Å²) >= 11 is 3.56. The molecule has 0 amide bonds. The summed E-state index contributed by atoms with van der Waals surface area (Å²) in [5.41, 5.74) is 3.08. The van der Waals surface area contributed by atoms with Gasteiger partial charge in [0.2, 0.25) is 0 Å². The molecule has 1 aromatic heterocycles. The van der Waals surface area contributed by atoms with E-state index in [0.717, 1.165) is 27.3 Å². The van der Waals surface area contributed by atoms with Gasteiger partial charge in [-0.25, -0.2) is 0 Å². The highest BCUT2D eigenvalue weighted by Crippen LogP contribution is 2.25. The monoisotopic (exact) mass is 309 g/mol. The first-order chi connectivity index (χ1) is 8.63. The van der Waals surface area contributed by atoms with Gasteiger partial charge in [0.05, 0.1) is 35.2 Å². The van der Waals surface area contributed by atoms with Crippen LogP contribution in [-0.4, -0.2) is 16.9 Å². The van der Waals surface area contributed by atoms with Crippen molar-refractivity contribution in [3.8, 4) is 5.75 Å². The molecule has 2 aromatic rings. The summed E-state index contributed by atoms with van der Waals surface area (Å²) in [4.78, 5) is 0. The highest BCUT2D eigenvalue weighted by Gasteiger charge is 2.10. The highest BCUT2D eigenvalue weighted by molar-refractivity contribution is 9.10. The molecule has 1 N–H and O–H groups in total. The Morgan fingerprint density at radius 3 is 2.72 bits per heavy atom. The Morgan fingerprint density at radius 2 is 2.11 bits per heavy atom. The molecule has 0 atom stereocenters. The Kier molecular flexibility index (Phi) is 3.91. The van der Waals surface area contributed by atoms with Crippen molar-refractivity contribution in [1.29, 1.82) is 0 Å². The summed E-state index contributed by atoms with van der Waals surface area (Å²) in [5.74, 6) is 0.840. The van der Waals surface area contributed by atoms with Crippen LogP contribution in [0.5, 0.6) is 5.75 Å². The molecular formula is C13H16BrN3O. The molecule has 0 fully saturated rings. The van der Waals surface area contributed by atoms with Crippen LogP contribution in [-0.2, 0) is 13.6 Å². The number of ether oxygens (including phenoxy) is 1. The fraction of sp³-hybridized carbons (Fsp3) is 0.308. The van der Waals surface area contributed by atoms with E-state index in [-0.39, 0.29) is 0 Å². The number of para-hydroxylation sites is 2. The second kappa shape index (κ2) is 5.44. The van der Waals surface area contributed by atoms with E-state index in [2.05, 4.69) is 26.3 Å². The molecule has 0 radical (unpaired) electrons. The molecule has 0 bridgehead atoms. The predicted octanol–water partition coefficient (Wildman–Crippen LogP) is 3.11. The van der Waals surface area contributed by atoms with Gasteiger partial charge in [0.15, 0.2) is 0 Å². The topological polar surface area (TPSA) is 39.1 Å². The van der Waals surface area contributed by atoms with Crippen molar-refractivity contribution in [3.05, 3.63) is 40.1 Å². The quantitative estimate of drug-likeness (QED) is 0.943. The lowest BCUT2D eigenvalue weighted by molar-refractivity contribution is 0.416. The van der Waals surface area contributed by atoms with Gasteiger partial charge in [0.1, 0.15) is 5.75 Å². The van der Waals surface area contributed by atoms with Crippen molar-refractivity contribution in [3.63, 3.8) is 0 Å². The molecule has 5 heteroatoms. The van der Waals surface area contributed by atoms with Crippen LogP contribution in [0, 0.1) is 6.92 Å². The van der Waals surface area contributed by atoms with Crippen LogP contribution in [0.4, 0.5) is 5.69 Å². The minimum Gasteiger partial charge on any atom is -0.495 e. The van der Waals surface area contributed by atoms with E-state index in [1.807, 2.05) is 42.9 Å². The molecular weight excluding hydrogens is 294 g/mol. The van der Waals surface area contributed by atoms with E-state index >= 15 is 0 Å². The van der Waals surface area contributed by atoms with Crippen molar-refractivity contribution >= 4 is 21.6 Å². The summed E-state index contributed by atoms with van der Waals surface area (Å²) in [5, 5.41) is 7.72. The maximum Gasteiger partial charge on any atom is 0.141 e. The van der Waals surface area contributed by atoms with Crippen molar-refractivity contribution < 1.29 is 4.74 Å². The number of rotatable bonds is 4. The van der Waals surface area contributed by atoms with Gasteiger partial charge in [-0.15, -0.1) is 0 Å². The molecule has 4 nitrogen and oxygen atoms in total. The summed E-state index contributed by atoms with van der Waals surface area (Å²) in [6.45, 7) is 2.68. The van der Waals surface area contributed by atoms with Crippen molar-refractivity contribution in [2.24, 2.45) is 7.05 Å². The minimum absolute atomic E-state index is 0.693. The third-order valence-corrected chi connectivity index (χ3v) is 3.85. The molecule has 0 aliphatic rings. The zero-order valence-corrected chi connectivity index (χ0v) is 12.3. The molecule has 2 rings (SSSR count). The second-order valence-electron chi connectivity index (χ2n) is 4.02. The maximum atomic E-state index is 5.30. The summed E-state index contributed by atoms with van der Waals surface area (Å²) in [6.07, 6.45) is 0. The third-order valence-electron chi connectivity index (χ3n) is 2.81. The number of aryl methyl sites for hydroxylation is 2. The van der Waals surface area contributed by atoms with E-state index in [0.29, 0.717) is 6.54 Å². The maximum absolute atomic E-state index is 5.30. The largest absolute Gasteiger partial charge is 0.495 e. The van der Waals surface area contributed by atoms with Crippen LogP contribution < -0.4 is 10.1 Å². The first-order valence-corrected chi connectivity index (χ1v) is 6.47. The van der Waals surface area contributed by atoms with Crippen molar-refractivity contribution in [2.75, 3.05) is 12.4 Å². The molecule has 0 saturated carbocycles. The fourth-order valence-electron chi connectivity index (χ4n) is 1.84. The summed E-state index contributed by atoms with van der Waals surface area (Å²) in [7, 11) is 3.61. The van der Waals surface area contributed by atoms with Gasteiger partial charge < -0.3 is 10.1 Å². The first-order valence-electron chi connectivity index (χ1n) is 5.68. The lowest BCUT2D eigenvalue weighted by Crippen LogP contribution is -2.06. The predicted molar refractivity (Wildman–Crippen MR) is 76.0 cm³/mol. The van der Waals surface area contributed by atoms with Gasteiger partial charge in [0.25, 0.3) is 0 Å². The zero-order chi connectivity index (χ0) is 13.1. The van der Waals surface area contributed by atoms with Crippen LogP contribution >= 0.6 is 15.9 Å². The average Bonchev–Trinajstić information content (AvgIpc) is 2.62. The summed E-state index contributed by atoms with van der Waals surface area (Å²) < 4.78 is 8.23. The zero-order valence-electron chi connectivity index (χ0n) is 10.7. The molecule has 18 heavy (non-hydrogen) atoms. The molecule has 96 valence electrons. The molecule has 1 heterocycles. The number of hydrogen-bond donors (Lipinski definition) is 1. The Balaban J connectivity index is 2.16. The van der Waals surface area contributed by atoms with Gasteiger partial charge in [0, 0.05) is 7.05 Å². The highest BCUT2D eigenvalue weighted by atomic mass is 79.9. The van der Waals surface area contributed by atoms with Crippen molar-refractivity contribution in [2.45, 2.75) is 13.5 Å². The van der Waals surface area contributed by atoms with E-state index in [9.17, 15) is 0 Å². The fourth-order valence-corrected chi connectivity index (χ4v) is 2.32. The summed E-state index contributed by atoms with van der Waals surface area (Å²) in [6, 6.07) is 7.87. The minimum atomic E-state index is 0.693. The van der Waals surface area contributed by atoms with Crippen molar-refractivity contribution in [1.82, 2.24) is 9.78 Å². The number of aromatic nitrogens is 2. The Bertz CT molecular complexity index is 551. The molecule has 0 unspecified atom stereocenters. The van der Waals surface area contributed by atoms with Gasteiger partial charge in [-0.2, -0.15) is 5.10 Å².